The fourth-order valence-electron chi connectivity index (χ4n) is 1.45. The van der Waals surface area contributed by atoms with Gasteiger partial charge < -0.3 is 0 Å². The van der Waals surface area contributed by atoms with Gasteiger partial charge in [0.2, 0.25) is 0 Å². The van der Waals surface area contributed by atoms with Crippen LogP contribution in [-0.2, 0) is 9.63 Å². The smallest absolute Gasteiger partial charge is 0.269 e. The third kappa shape index (κ3) is 11.4. The van der Waals surface area contributed by atoms with Crippen LogP contribution in [0.1, 0.15) is 58.8 Å². The molecular formula is C15H27NO2. The van der Waals surface area contributed by atoms with E-state index in [-0.39, 0.29) is 5.91 Å². The van der Waals surface area contributed by atoms with Crippen LogP contribution in [0, 0.1) is 0 Å². The number of rotatable bonds is 11. The molecule has 0 unspecified atom stereocenters. The highest BCUT2D eigenvalue weighted by Gasteiger charge is 1.99. The molecule has 0 aromatic heterocycles. The molecular weight excluding hydrogens is 226 g/mol. The molecule has 0 atom stereocenters. The van der Waals surface area contributed by atoms with Crippen molar-refractivity contribution in [2.45, 2.75) is 58.8 Å². The van der Waals surface area contributed by atoms with E-state index in [1.54, 1.807) is 6.92 Å². The van der Waals surface area contributed by atoms with Crippen molar-refractivity contribution in [2.75, 3.05) is 6.61 Å². The maximum Gasteiger partial charge on any atom is 0.269 e. The SMILES string of the molecule is C=C(C)C(=O)NOCCCCCCC/C=C/CC. The number of hydrogen-bond donors (Lipinski definition) is 1. The van der Waals surface area contributed by atoms with Crippen LogP contribution < -0.4 is 5.48 Å². The van der Waals surface area contributed by atoms with Crippen LogP contribution in [0.5, 0.6) is 0 Å². The average Bonchev–Trinajstić information content (AvgIpc) is 2.35. The maximum absolute atomic E-state index is 11.1. The zero-order valence-corrected chi connectivity index (χ0v) is 11.8. The molecule has 0 aliphatic heterocycles. The van der Waals surface area contributed by atoms with Gasteiger partial charge in [-0.1, -0.05) is 44.9 Å². The lowest BCUT2D eigenvalue weighted by atomic mass is 10.1. The van der Waals surface area contributed by atoms with E-state index in [0.29, 0.717) is 12.2 Å². The van der Waals surface area contributed by atoms with E-state index < -0.39 is 0 Å². The number of allylic oxidation sites excluding steroid dienone is 2. The van der Waals surface area contributed by atoms with Gasteiger partial charge in [0, 0.05) is 5.57 Å². The van der Waals surface area contributed by atoms with Gasteiger partial charge in [0.25, 0.3) is 5.91 Å². The Bertz CT molecular complexity index is 259. The number of nitrogens with one attached hydrogen (secondary N) is 1. The molecule has 0 saturated heterocycles. The summed E-state index contributed by atoms with van der Waals surface area (Å²) in [6.07, 6.45) is 12.7. The first kappa shape index (κ1) is 16.9. The van der Waals surface area contributed by atoms with Crippen LogP contribution in [0.4, 0.5) is 0 Å². The maximum atomic E-state index is 11.1. The van der Waals surface area contributed by atoms with Crippen molar-refractivity contribution in [2.24, 2.45) is 0 Å². The van der Waals surface area contributed by atoms with Gasteiger partial charge in [-0.15, -0.1) is 0 Å². The third-order valence-corrected chi connectivity index (χ3v) is 2.57. The molecule has 0 aliphatic carbocycles. The molecule has 0 radical (unpaired) electrons. The van der Waals surface area contributed by atoms with Crippen molar-refractivity contribution >= 4 is 5.91 Å². The standard InChI is InChI=1S/C15H27NO2/c1-4-5-6-7-8-9-10-11-12-13-18-16-15(17)14(2)3/h5-6H,2,4,7-13H2,1,3H3,(H,16,17)/b6-5+. The van der Waals surface area contributed by atoms with Crippen LogP contribution in [0.2, 0.25) is 0 Å². The van der Waals surface area contributed by atoms with Gasteiger partial charge in [-0.2, -0.15) is 0 Å². The Morgan fingerprint density at radius 3 is 2.50 bits per heavy atom. The zero-order valence-electron chi connectivity index (χ0n) is 11.8. The minimum Gasteiger partial charge on any atom is -0.273 e. The van der Waals surface area contributed by atoms with Gasteiger partial charge in [-0.05, 0) is 32.6 Å². The highest BCUT2D eigenvalue weighted by Crippen LogP contribution is 2.06. The van der Waals surface area contributed by atoms with Crippen molar-refractivity contribution in [3.05, 3.63) is 24.3 Å². The number of unbranched alkanes of at least 4 members (excludes halogenated alkanes) is 5. The molecule has 0 fully saturated rings. The largest absolute Gasteiger partial charge is 0.273 e. The van der Waals surface area contributed by atoms with Crippen molar-refractivity contribution < 1.29 is 9.63 Å². The molecule has 0 saturated carbocycles. The highest BCUT2D eigenvalue weighted by molar-refractivity contribution is 5.91. The van der Waals surface area contributed by atoms with Gasteiger partial charge in [0.05, 0.1) is 6.61 Å². The summed E-state index contributed by atoms with van der Waals surface area (Å²) in [6.45, 7) is 7.92. The Morgan fingerprint density at radius 2 is 1.83 bits per heavy atom. The summed E-state index contributed by atoms with van der Waals surface area (Å²) in [7, 11) is 0. The topological polar surface area (TPSA) is 38.3 Å². The van der Waals surface area contributed by atoms with E-state index in [1.807, 2.05) is 0 Å². The van der Waals surface area contributed by atoms with E-state index in [9.17, 15) is 4.79 Å². The number of amides is 1. The van der Waals surface area contributed by atoms with E-state index in [0.717, 1.165) is 19.3 Å². The summed E-state index contributed by atoms with van der Waals surface area (Å²) in [4.78, 5) is 16.1. The van der Waals surface area contributed by atoms with E-state index in [1.165, 1.54) is 25.7 Å². The molecule has 0 aromatic carbocycles. The Labute approximate surface area is 111 Å². The molecule has 3 nitrogen and oxygen atoms in total. The minimum absolute atomic E-state index is 0.238. The van der Waals surface area contributed by atoms with Crippen molar-refractivity contribution in [3.8, 4) is 0 Å². The van der Waals surface area contributed by atoms with Gasteiger partial charge >= 0.3 is 0 Å². The van der Waals surface area contributed by atoms with Gasteiger partial charge in [0.15, 0.2) is 0 Å². The number of carbonyl (C=O) groups is 1. The lowest BCUT2D eigenvalue weighted by molar-refractivity contribution is -0.129. The number of carbonyl (C=O) groups excluding carboxylic acids is 1. The van der Waals surface area contributed by atoms with Crippen molar-refractivity contribution in [1.82, 2.24) is 5.48 Å². The van der Waals surface area contributed by atoms with Crippen molar-refractivity contribution in [3.63, 3.8) is 0 Å². The first-order valence-electron chi connectivity index (χ1n) is 6.91. The number of hydroxylamine groups is 1. The highest BCUT2D eigenvalue weighted by atomic mass is 16.6. The second kappa shape index (κ2) is 12.4. The van der Waals surface area contributed by atoms with Crippen LogP contribution in [0.3, 0.4) is 0 Å². The van der Waals surface area contributed by atoms with Crippen LogP contribution in [-0.4, -0.2) is 12.5 Å². The van der Waals surface area contributed by atoms with E-state index in [4.69, 9.17) is 4.84 Å². The van der Waals surface area contributed by atoms with Crippen LogP contribution >= 0.6 is 0 Å². The van der Waals surface area contributed by atoms with E-state index >= 15 is 0 Å². The Balaban J connectivity index is 3.14. The molecule has 0 aliphatic rings. The quantitative estimate of drug-likeness (QED) is 0.262. The van der Waals surface area contributed by atoms with Crippen LogP contribution in [0.15, 0.2) is 24.3 Å². The fourth-order valence-corrected chi connectivity index (χ4v) is 1.45. The average molecular weight is 253 g/mol. The van der Waals surface area contributed by atoms with Crippen LogP contribution in [0.25, 0.3) is 0 Å². The predicted molar refractivity (Wildman–Crippen MR) is 76.0 cm³/mol. The van der Waals surface area contributed by atoms with Gasteiger partial charge in [0.1, 0.15) is 0 Å². The summed E-state index contributed by atoms with van der Waals surface area (Å²) in [6, 6.07) is 0. The molecule has 3 heteroatoms. The number of hydrogen-bond acceptors (Lipinski definition) is 2. The molecule has 104 valence electrons. The van der Waals surface area contributed by atoms with Crippen molar-refractivity contribution in [1.29, 1.82) is 0 Å². The summed E-state index contributed by atoms with van der Waals surface area (Å²) in [5.74, 6) is -0.238. The monoisotopic (exact) mass is 253 g/mol. The lowest BCUT2D eigenvalue weighted by Crippen LogP contribution is -2.24. The normalized spacial score (nSPS) is 10.8. The Kier molecular flexibility index (Phi) is 11.6. The first-order chi connectivity index (χ1) is 8.68. The molecule has 18 heavy (non-hydrogen) atoms. The first-order valence-corrected chi connectivity index (χ1v) is 6.91. The minimum atomic E-state index is -0.238. The molecule has 0 aromatic rings. The lowest BCUT2D eigenvalue weighted by Gasteiger charge is -2.05. The molecule has 1 N–H and O–H groups in total. The second-order valence-electron chi connectivity index (χ2n) is 4.50. The molecule has 0 spiro atoms. The van der Waals surface area contributed by atoms with Gasteiger partial charge in [-0.3, -0.25) is 9.63 Å². The Hall–Kier alpha value is -1.09. The van der Waals surface area contributed by atoms with E-state index in [2.05, 4.69) is 31.1 Å². The molecule has 0 bridgehead atoms. The summed E-state index contributed by atoms with van der Waals surface area (Å²) in [5, 5.41) is 0. The third-order valence-electron chi connectivity index (χ3n) is 2.57. The molecule has 1 amide bonds. The summed E-state index contributed by atoms with van der Waals surface area (Å²) < 4.78 is 0. The molecule has 0 rings (SSSR count). The fraction of sp³-hybridized carbons (Fsp3) is 0.667. The summed E-state index contributed by atoms with van der Waals surface area (Å²) >= 11 is 0. The summed E-state index contributed by atoms with van der Waals surface area (Å²) in [5.41, 5.74) is 2.83. The molecule has 0 heterocycles. The Morgan fingerprint density at radius 1 is 1.17 bits per heavy atom. The predicted octanol–water partition coefficient (Wildman–Crippen LogP) is 3.92. The second-order valence-corrected chi connectivity index (χ2v) is 4.50. The van der Waals surface area contributed by atoms with Gasteiger partial charge in [-0.25, -0.2) is 5.48 Å². The zero-order chi connectivity index (χ0) is 13.6.